The highest BCUT2D eigenvalue weighted by molar-refractivity contribution is 6.14. The van der Waals surface area contributed by atoms with Crippen LogP contribution in [-0.2, 0) is 0 Å². The summed E-state index contributed by atoms with van der Waals surface area (Å²) in [5.74, 6) is 0.0661. The number of carbonyl (C=O) groups excluding carboxylic acids is 1. The second-order valence-electron chi connectivity index (χ2n) is 5.11. The van der Waals surface area contributed by atoms with Crippen LogP contribution in [0.5, 0.6) is 0 Å². The van der Waals surface area contributed by atoms with Gasteiger partial charge in [0.2, 0.25) is 5.95 Å². The van der Waals surface area contributed by atoms with Gasteiger partial charge in [-0.15, -0.1) is 0 Å². The lowest BCUT2D eigenvalue weighted by Crippen LogP contribution is -2.20. The Morgan fingerprint density at radius 2 is 2.15 bits per heavy atom. The van der Waals surface area contributed by atoms with Gasteiger partial charge in [0.15, 0.2) is 0 Å². The highest BCUT2D eigenvalue weighted by Crippen LogP contribution is 2.22. The number of likely N-dealkylation sites (N-methyl/N-ethyl adjacent to an activating group) is 1. The minimum absolute atomic E-state index is 0.185. The summed E-state index contributed by atoms with van der Waals surface area (Å²) in [7, 11) is 1.85. The van der Waals surface area contributed by atoms with Gasteiger partial charge in [0.25, 0.3) is 5.91 Å². The molecule has 2 aromatic rings. The van der Waals surface area contributed by atoms with Crippen LogP contribution >= 0.6 is 0 Å². The van der Waals surface area contributed by atoms with Crippen LogP contribution in [0.15, 0.2) is 35.6 Å². The van der Waals surface area contributed by atoms with Crippen LogP contribution in [0.3, 0.4) is 0 Å². The van der Waals surface area contributed by atoms with E-state index in [0.29, 0.717) is 29.7 Å². The molecule has 0 atom stereocenters. The lowest BCUT2D eigenvalue weighted by molar-refractivity contribution is 0.100. The molecule has 1 aromatic heterocycles. The van der Waals surface area contributed by atoms with Gasteiger partial charge in [-0.3, -0.25) is 10.2 Å². The average molecular weight is 355 g/mol. The van der Waals surface area contributed by atoms with Crippen molar-refractivity contribution in [1.82, 2.24) is 15.3 Å². The van der Waals surface area contributed by atoms with Crippen LogP contribution < -0.4 is 27.1 Å². The van der Waals surface area contributed by atoms with Crippen molar-refractivity contribution in [2.45, 2.75) is 0 Å². The zero-order valence-corrected chi connectivity index (χ0v) is 14.3. The Kier molecular flexibility index (Phi) is 7.01. The van der Waals surface area contributed by atoms with E-state index in [0.717, 1.165) is 12.8 Å². The topological polar surface area (TPSA) is 153 Å². The second-order valence-corrected chi connectivity index (χ2v) is 5.11. The molecule has 10 nitrogen and oxygen atoms in total. The second kappa shape index (κ2) is 9.69. The van der Waals surface area contributed by atoms with Crippen molar-refractivity contribution >= 4 is 41.5 Å². The van der Waals surface area contributed by atoms with Gasteiger partial charge < -0.3 is 27.1 Å². The molecule has 26 heavy (non-hydrogen) atoms. The largest absolute Gasteiger partial charge is 0.365 e. The number of aromatic nitrogens is 2. The number of anilines is 4. The molecule has 0 aliphatic rings. The molecule has 0 aliphatic carbocycles. The molecular weight excluding hydrogens is 334 g/mol. The fraction of sp³-hybridized carbons (Fsp3) is 0.188. The quantitative estimate of drug-likeness (QED) is 0.211. The molecule has 0 radical (unpaired) electrons. The van der Waals surface area contributed by atoms with Crippen molar-refractivity contribution in [3.8, 4) is 0 Å². The molecule has 0 spiro atoms. The number of carbonyl (C=O) groups is 1. The van der Waals surface area contributed by atoms with E-state index < -0.39 is 5.91 Å². The van der Waals surface area contributed by atoms with E-state index in [9.17, 15) is 4.79 Å². The van der Waals surface area contributed by atoms with Crippen LogP contribution in [-0.4, -0.2) is 48.4 Å². The molecule has 0 aliphatic heterocycles. The Hall–Kier alpha value is -3.53. The number of amides is 1. The molecule has 0 unspecified atom stereocenters. The molecule has 1 heterocycles. The SMILES string of the molecule is CNCCNc1ncc(C(N)=O)c(Nc2cccc(N/N=C\C=N)c2)n1. The summed E-state index contributed by atoms with van der Waals surface area (Å²) in [4.78, 5) is 20.1. The van der Waals surface area contributed by atoms with Crippen LogP contribution in [0.4, 0.5) is 23.1 Å². The number of benzene rings is 1. The standard InChI is InChI=1S/C16H21N9O/c1-19-7-8-20-16-21-10-13(14(18)26)15(24-16)23-11-3-2-4-12(9-11)25-22-6-5-17/h2-6,9-10,17,19,25H,7-8H2,1H3,(H2,18,26)(H2,20,21,23,24)/b17-5?,22-6-. The van der Waals surface area contributed by atoms with Crippen molar-refractivity contribution in [3.63, 3.8) is 0 Å². The first kappa shape index (κ1) is 18.8. The molecule has 0 fully saturated rings. The number of nitrogens with two attached hydrogens (primary N) is 1. The molecule has 10 heteroatoms. The number of rotatable bonds is 10. The predicted molar refractivity (Wildman–Crippen MR) is 104 cm³/mol. The minimum atomic E-state index is -0.626. The van der Waals surface area contributed by atoms with E-state index in [2.05, 4.69) is 36.4 Å². The average Bonchev–Trinajstić information content (AvgIpc) is 2.62. The summed E-state index contributed by atoms with van der Waals surface area (Å²) in [6.45, 7) is 1.38. The number of nitrogens with one attached hydrogen (secondary N) is 5. The van der Waals surface area contributed by atoms with Gasteiger partial charge in [-0.2, -0.15) is 10.1 Å². The minimum Gasteiger partial charge on any atom is -0.365 e. The first-order valence-electron chi connectivity index (χ1n) is 7.84. The first-order valence-corrected chi connectivity index (χ1v) is 7.84. The Labute approximate surface area is 150 Å². The van der Waals surface area contributed by atoms with Crippen molar-refractivity contribution in [2.75, 3.05) is 36.2 Å². The molecule has 0 saturated heterocycles. The first-order chi connectivity index (χ1) is 12.6. The molecule has 2 rings (SSSR count). The Morgan fingerprint density at radius 1 is 1.35 bits per heavy atom. The molecule has 0 bridgehead atoms. The number of hydrogen-bond acceptors (Lipinski definition) is 9. The van der Waals surface area contributed by atoms with E-state index in [-0.39, 0.29) is 5.56 Å². The maximum Gasteiger partial charge on any atom is 0.254 e. The van der Waals surface area contributed by atoms with Crippen LogP contribution in [0.25, 0.3) is 0 Å². The number of hydrazone groups is 1. The number of nitrogens with zero attached hydrogens (tertiary/aromatic N) is 3. The van der Waals surface area contributed by atoms with E-state index in [4.69, 9.17) is 11.1 Å². The van der Waals surface area contributed by atoms with Gasteiger partial charge >= 0.3 is 0 Å². The van der Waals surface area contributed by atoms with Crippen LogP contribution in [0.1, 0.15) is 10.4 Å². The Bertz CT molecular complexity index is 791. The summed E-state index contributed by atoms with van der Waals surface area (Å²) in [5.41, 5.74) is 9.77. The summed E-state index contributed by atoms with van der Waals surface area (Å²) in [6.07, 6.45) is 3.77. The fourth-order valence-electron chi connectivity index (χ4n) is 1.99. The number of hydrogen-bond donors (Lipinski definition) is 6. The third-order valence-corrected chi connectivity index (χ3v) is 3.18. The normalized spacial score (nSPS) is 10.5. The maximum absolute atomic E-state index is 11.6. The van der Waals surface area contributed by atoms with Crippen molar-refractivity contribution in [3.05, 3.63) is 36.0 Å². The van der Waals surface area contributed by atoms with E-state index in [1.165, 1.54) is 12.4 Å². The van der Waals surface area contributed by atoms with Crippen molar-refractivity contribution in [1.29, 1.82) is 5.41 Å². The smallest absolute Gasteiger partial charge is 0.254 e. The monoisotopic (exact) mass is 355 g/mol. The fourth-order valence-corrected chi connectivity index (χ4v) is 1.99. The van der Waals surface area contributed by atoms with Gasteiger partial charge in [0.1, 0.15) is 11.4 Å². The summed E-state index contributed by atoms with van der Waals surface area (Å²) in [6, 6.07) is 7.21. The maximum atomic E-state index is 11.6. The lowest BCUT2D eigenvalue weighted by Gasteiger charge is -2.12. The van der Waals surface area contributed by atoms with E-state index in [1.807, 2.05) is 25.2 Å². The van der Waals surface area contributed by atoms with Crippen molar-refractivity contribution < 1.29 is 4.79 Å². The lowest BCUT2D eigenvalue weighted by atomic mass is 10.2. The highest BCUT2D eigenvalue weighted by Gasteiger charge is 2.12. The van der Waals surface area contributed by atoms with E-state index >= 15 is 0 Å². The highest BCUT2D eigenvalue weighted by atomic mass is 16.1. The summed E-state index contributed by atoms with van der Waals surface area (Å²) >= 11 is 0. The van der Waals surface area contributed by atoms with Gasteiger partial charge in [0, 0.05) is 31.2 Å². The summed E-state index contributed by atoms with van der Waals surface area (Å²) < 4.78 is 0. The van der Waals surface area contributed by atoms with E-state index in [1.54, 1.807) is 6.07 Å². The molecular formula is C16H21N9O. The molecule has 1 amide bonds. The molecule has 0 saturated carbocycles. The Balaban J connectivity index is 2.21. The van der Waals surface area contributed by atoms with Gasteiger partial charge in [-0.25, -0.2) is 4.98 Å². The van der Waals surface area contributed by atoms with Gasteiger partial charge in [-0.1, -0.05) is 6.07 Å². The van der Waals surface area contributed by atoms with Crippen LogP contribution in [0, 0.1) is 5.41 Å². The van der Waals surface area contributed by atoms with Gasteiger partial charge in [0.05, 0.1) is 11.9 Å². The predicted octanol–water partition coefficient (Wildman–Crippen LogP) is 0.998. The molecule has 1 aromatic carbocycles. The zero-order chi connectivity index (χ0) is 18.8. The number of primary amides is 1. The Morgan fingerprint density at radius 3 is 2.88 bits per heavy atom. The third kappa shape index (κ3) is 5.53. The van der Waals surface area contributed by atoms with Crippen LogP contribution in [0.2, 0.25) is 0 Å². The summed E-state index contributed by atoms with van der Waals surface area (Å²) in [5, 5.41) is 19.9. The third-order valence-electron chi connectivity index (χ3n) is 3.18. The zero-order valence-electron chi connectivity index (χ0n) is 14.3. The molecule has 136 valence electrons. The van der Waals surface area contributed by atoms with Gasteiger partial charge in [-0.05, 0) is 25.2 Å². The molecule has 7 N–H and O–H groups in total. The van der Waals surface area contributed by atoms with Crippen molar-refractivity contribution in [2.24, 2.45) is 10.8 Å².